The maximum absolute atomic E-state index is 12.7. The number of aromatic nitrogens is 3. The van der Waals surface area contributed by atoms with Crippen LogP contribution in [-0.4, -0.2) is 62.7 Å². The summed E-state index contributed by atoms with van der Waals surface area (Å²) < 4.78 is 1.70. The molecule has 1 saturated heterocycles. The van der Waals surface area contributed by atoms with Gasteiger partial charge in [0.15, 0.2) is 0 Å². The normalized spacial score (nSPS) is 16.5. The van der Waals surface area contributed by atoms with Gasteiger partial charge in [0, 0.05) is 55.0 Å². The minimum atomic E-state index is -0.150. The van der Waals surface area contributed by atoms with Crippen molar-refractivity contribution in [2.75, 3.05) is 20.1 Å². The number of halogens is 1. The van der Waals surface area contributed by atoms with E-state index in [0.29, 0.717) is 24.5 Å². The highest BCUT2D eigenvalue weighted by Gasteiger charge is 2.28. The van der Waals surface area contributed by atoms with Crippen LogP contribution in [0.15, 0.2) is 36.7 Å². The van der Waals surface area contributed by atoms with E-state index in [2.05, 4.69) is 15.4 Å². The van der Waals surface area contributed by atoms with Gasteiger partial charge in [-0.3, -0.25) is 9.48 Å². The number of nitrogens with zero attached hydrogens (tertiary/aromatic N) is 4. The second-order valence-corrected chi connectivity index (χ2v) is 8.57. The minimum Gasteiger partial charge on any atom is -0.357 e. The summed E-state index contributed by atoms with van der Waals surface area (Å²) in [6.45, 7) is 1.67. The van der Waals surface area contributed by atoms with Gasteiger partial charge in [-0.25, -0.2) is 4.79 Å². The highest BCUT2D eigenvalue weighted by Crippen LogP contribution is 2.20. The molecule has 4 rings (SSSR count). The topological polar surface area (TPSA) is 86.3 Å². The van der Waals surface area contributed by atoms with Gasteiger partial charge in [-0.1, -0.05) is 11.6 Å². The third kappa shape index (κ3) is 5.02. The Hall–Kier alpha value is -3.00. The van der Waals surface area contributed by atoms with E-state index in [1.165, 1.54) is 0 Å². The summed E-state index contributed by atoms with van der Waals surface area (Å²) in [5.74, 6) is 0.0724. The summed E-state index contributed by atoms with van der Waals surface area (Å²) in [5, 5.41) is 8.78. The van der Waals surface area contributed by atoms with E-state index in [0.717, 1.165) is 41.5 Å². The van der Waals surface area contributed by atoms with Crippen LogP contribution < -0.4 is 5.32 Å². The number of fused-ring (bicyclic) bond motifs is 1. The molecular formula is C22H27ClN6O2. The number of aryl methyl sites for hydroxylation is 1. The molecule has 2 N–H and O–H groups in total. The third-order valence-electron chi connectivity index (χ3n) is 5.80. The number of nitrogens with one attached hydrogen (secondary N) is 2. The fraction of sp³-hybridized carbons (Fsp3) is 0.409. The molecule has 0 spiro atoms. The molecule has 1 aromatic carbocycles. The standard InChI is InChI=1S/C22H27ClN6O2/c1-27-13-15(11-25-27)8-21(30)29-7-3-4-19(14-29)28(2)22(31)24-12-18-10-16-9-17(23)5-6-20(16)26-18/h5-6,9-11,13,19,26H,3-4,7-8,12,14H2,1-2H3,(H,24,31). The Kier molecular flexibility index (Phi) is 6.18. The monoisotopic (exact) mass is 442 g/mol. The summed E-state index contributed by atoms with van der Waals surface area (Å²) in [7, 11) is 3.63. The number of H-pyrrole nitrogens is 1. The summed E-state index contributed by atoms with van der Waals surface area (Å²) in [5.41, 5.74) is 2.80. The van der Waals surface area contributed by atoms with Crippen LogP contribution in [0.2, 0.25) is 5.02 Å². The van der Waals surface area contributed by atoms with Crippen molar-refractivity contribution in [3.05, 3.63) is 52.9 Å². The second-order valence-electron chi connectivity index (χ2n) is 8.13. The molecule has 0 bridgehead atoms. The van der Waals surface area contributed by atoms with Crippen LogP contribution in [0.1, 0.15) is 24.1 Å². The molecule has 1 aliphatic rings. The Bertz CT molecular complexity index is 1090. The van der Waals surface area contributed by atoms with E-state index in [9.17, 15) is 9.59 Å². The first-order chi connectivity index (χ1) is 14.9. The van der Waals surface area contributed by atoms with Crippen LogP contribution in [0.4, 0.5) is 4.79 Å². The highest BCUT2D eigenvalue weighted by atomic mass is 35.5. The number of benzene rings is 1. The number of likely N-dealkylation sites (tertiary alicyclic amines) is 1. The van der Waals surface area contributed by atoms with Crippen LogP contribution in [0, 0.1) is 0 Å². The van der Waals surface area contributed by atoms with Crippen molar-refractivity contribution in [3.63, 3.8) is 0 Å². The number of rotatable bonds is 5. The van der Waals surface area contributed by atoms with E-state index in [1.807, 2.05) is 42.4 Å². The molecule has 164 valence electrons. The molecule has 1 fully saturated rings. The lowest BCUT2D eigenvalue weighted by Gasteiger charge is -2.37. The summed E-state index contributed by atoms with van der Waals surface area (Å²) in [4.78, 5) is 32.3. The molecule has 0 radical (unpaired) electrons. The maximum Gasteiger partial charge on any atom is 0.317 e. The summed E-state index contributed by atoms with van der Waals surface area (Å²) in [6.07, 6.45) is 5.67. The minimum absolute atomic E-state index is 0.00637. The lowest BCUT2D eigenvalue weighted by molar-refractivity contribution is -0.132. The van der Waals surface area contributed by atoms with Crippen molar-refractivity contribution in [3.8, 4) is 0 Å². The zero-order valence-corrected chi connectivity index (χ0v) is 18.5. The first-order valence-electron chi connectivity index (χ1n) is 10.4. The fourth-order valence-electron chi connectivity index (χ4n) is 4.07. The lowest BCUT2D eigenvalue weighted by atomic mass is 10.0. The number of carbonyl (C=O) groups is 2. The Morgan fingerprint density at radius 1 is 1.35 bits per heavy atom. The van der Waals surface area contributed by atoms with Crippen LogP contribution in [0.3, 0.4) is 0 Å². The maximum atomic E-state index is 12.7. The van der Waals surface area contributed by atoms with Crippen molar-refractivity contribution in [2.45, 2.75) is 31.8 Å². The van der Waals surface area contributed by atoms with Crippen molar-refractivity contribution >= 4 is 34.4 Å². The van der Waals surface area contributed by atoms with Crippen molar-refractivity contribution in [1.29, 1.82) is 0 Å². The lowest BCUT2D eigenvalue weighted by Crippen LogP contribution is -2.52. The predicted molar refractivity (Wildman–Crippen MR) is 120 cm³/mol. The molecule has 3 amide bonds. The molecule has 1 aliphatic heterocycles. The number of carbonyl (C=O) groups excluding carboxylic acids is 2. The molecule has 1 unspecified atom stereocenters. The van der Waals surface area contributed by atoms with Crippen LogP contribution in [-0.2, 0) is 24.8 Å². The SMILES string of the molecule is CN(C(=O)NCc1cc2cc(Cl)ccc2[nH]1)C1CCCN(C(=O)Cc2cnn(C)c2)C1. The first kappa shape index (κ1) is 21.2. The summed E-state index contributed by atoms with van der Waals surface area (Å²) in [6, 6.07) is 7.48. The van der Waals surface area contributed by atoms with Crippen LogP contribution in [0.25, 0.3) is 10.9 Å². The second kappa shape index (κ2) is 9.01. The van der Waals surface area contributed by atoms with E-state index < -0.39 is 0 Å². The molecule has 1 atom stereocenters. The molecule has 9 heteroatoms. The molecule has 0 saturated carbocycles. The first-order valence-corrected chi connectivity index (χ1v) is 10.8. The molecule has 31 heavy (non-hydrogen) atoms. The number of piperidine rings is 1. The van der Waals surface area contributed by atoms with Gasteiger partial charge < -0.3 is 20.1 Å². The largest absolute Gasteiger partial charge is 0.357 e. The van der Waals surface area contributed by atoms with Gasteiger partial charge >= 0.3 is 6.03 Å². The van der Waals surface area contributed by atoms with Gasteiger partial charge in [-0.05, 0) is 42.7 Å². The van der Waals surface area contributed by atoms with E-state index in [-0.39, 0.29) is 18.0 Å². The molecule has 8 nitrogen and oxygen atoms in total. The van der Waals surface area contributed by atoms with E-state index >= 15 is 0 Å². The predicted octanol–water partition coefficient (Wildman–Crippen LogP) is 2.93. The average molecular weight is 443 g/mol. The van der Waals surface area contributed by atoms with Crippen LogP contribution in [0.5, 0.6) is 0 Å². The quantitative estimate of drug-likeness (QED) is 0.637. The number of aromatic amines is 1. The van der Waals surface area contributed by atoms with Gasteiger partial charge in [0.2, 0.25) is 5.91 Å². The number of likely N-dealkylation sites (N-methyl/N-ethyl adjacent to an activating group) is 1. The molecule has 0 aliphatic carbocycles. The number of amides is 3. The van der Waals surface area contributed by atoms with Gasteiger partial charge in [-0.15, -0.1) is 0 Å². The Morgan fingerprint density at radius 2 is 2.19 bits per heavy atom. The molecular weight excluding hydrogens is 416 g/mol. The average Bonchev–Trinajstić information content (AvgIpc) is 3.36. The van der Waals surface area contributed by atoms with E-state index in [1.54, 1.807) is 22.8 Å². The van der Waals surface area contributed by atoms with Crippen molar-refractivity contribution in [1.82, 2.24) is 29.9 Å². The van der Waals surface area contributed by atoms with Gasteiger partial charge in [-0.2, -0.15) is 5.10 Å². The third-order valence-corrected chi connectivity index (χ3v) is 6.03. The van der Waals surface area contributed by atoms with Crippen molar-refractivity contribution < 1.29 is 9.59 Å². The smallest absolute Gasteiger partial charge is 0.317 e. The molecule has 3 aromatic rings. The van der Waals surface area contributed by atoms with Gasteiger partial charge in [0.25, 0.3) is 0 Å². The van der Waals surface area contributed by atoms with Gasteiger partial charge in [0.05, 0.1) is 25.2 Å². The Balaban J connectivity index is 1.31. The number of hydrogen-bond donors (Lipinski definition) is 2. The zero-order valence-electron chi connectivity index (χ0n) is 17.8. The van der Waals surface area contributed by atoms with Crippen molar-refractivity contribution in [2.24, 2.45) is 7.05 Å². The summed E-state index contributed by atoms with van der Waals surface area (Å²) >= 11 is 6.04. The number of hydrogen-bond acceptors (Lipinski definition) is 3. The zero-order chi connectivity index (χ0) is 22.0. The molecule has 3 heterocycles. The fourth-order valence-corrected chi connectivity index (χ4v) is 4.25. The Labute approximate surface area is 186 Å². The molecule has 2 aromatic heterocycles. The number of urea groups is 1. The van der Waals surface area contributed by atoms with E-state index in [4.69, 9.17) is 11.6 Å². The Morgan fingerprint density at radius 3 is 2.97 bits per heavy atom. The highest BCUT2D eigenvalue weighted by molar-refractivity contribution is 6.31. The van der Waals surface area contributed by atoms with Crippen LogP contribution >= 0.6 is 11.6 Å². The van der Waals surface area contributed by atoms with Gasteiger partial charge in [0.1, 0.15) is 0 Å².